The quantitative estimate of drug-likeness (QED) is 0.623. The Balaban J connectivity index is 2.77. The summed E-state index contributed by atoms with van der Waals surface area (Å²) in [6, 6.07) is 0. The third-order valence-electron chi connectivity index (χ3n) is 1.49. The summed E-state index contributed by atoms with van der Waals surface area (Å²) >= 11 is 10.5. The Morgan fingerprint density at radius 2 is 2.50 bits per heavy atom. The monoisotopic (exact) mass is 267 g/mol. The Bertz CT molecular complexity index is 278. The lowest BCUT2D eigenvalue weighted by molar-refractivity contribution is -0.107. The third-order valence-corrected chi connectivity index (χ3v) is 3.73. The molecule has 0 aliphatic heterocycles. The lowest BCUT2D eigenvalue weighted by Crippen LogP contribution is -2.10. The molecule has 12 heavy (non-hydrogen) atoms. The van der Waals surface area contributed by atoms with Crippen molar-refractivity contribution >= 4 is 45.2 Å². The summed E-state index contributed by atoms with van der Waals surface area (Å²) in [6.07, 6.45) is 0.738. The number of hydrogen-bond donors (Lipinski definition) is 0. The third kappa shape index (κ3) is 2.28. The van der Waals surface area contributed by atoms with Gasteiger partial charge >= 0.3 is 0 Å². The minimum atomic E-state index is -0.483. The first-order valence-electron chi connectivity index (χ1n) is 3.35. The Labute approximate surface area is 88.1 Å². The zero-order valence-electron chi connectivity index (χ0n) is 6.33. The van der Waals surface area contributed by atoms with Gasteiger partial charge in [0.05, 0.1) is 10.4 Å². The summed E-state index contributed by atoms with van der Waals surface area (Å²) in [7, 11) is 0. The number of halogens is 2. The van der Waals surface area contributed by atoms with Crippen LogP contribution in [0.25, 0.3) is 0 Å². The smallest absolute Gasteiger partial charge is 0.138 e. The molecule has 66 valence electrons. The first-order chi connectivity index (χ1) is 5.65. The summed E-state index contributed by atoms with van der Waals surface area (Å²) in [5, 5.41) is 2.28. The van der Waals surface area contributed by atoms with Crippen molar-refractivity contribution in [2.45, 2.75) is 18.2 Å². The molecule has 0 aliphatic rings. The Morgan fingerprint density at radius 1 is 1.83 bits per heavy atom. The zero-order chi connectivity index (χ0) is 9.14. The molecule has 0 amide bonds. The molecule has 0 saturated heterocycles. The van der Waals surface area contributed by atoms with Crippen molar-refractivity contribution in [3.63, 3.8) is 0 Å². The summed E-state index contributed by atoms with van der Waals surface area (Å²) < 4.78 is 0.795. The molecule has 0 radical (unpaired) electrons. The van der Waals surface area contributed by atoms with Crippen LogP contribution in [0.4, 0.5) is 0 Å². The van der Waals surface area contributed by atoms with Gasteiger partial charge in [0.25, 0.3) is 0 Å². The SMILES string of the molecule is C[C@H](c1nc(Br)cs1)C(Cl)C=O. The second-order valence-electron chi connectivity index (χ2n) is 2.38. The number of thiazole rings is 1. The number of carbonyl (C=O) groups is 1. The van der Waals surface area contributed by atoms with Gasteiger partial charge in [0.15, 0.2) is 0 Å². The van der Waals surface area contributed by atoms with Gasteiger partial charge in [0, 0.05) is 11.3 Å². The summed E-state index contributed by atoms with van der Waals surface area (Å²) in [5.41, 5.74) is 0. The van der Waals surface area contributed by atoms with Crippen LogP contribution in [0.15, 0.2) is 9.98 Å². The normalized spacial score (nSPS) is 15.6. The molecular formula is C7H7BrClNOS. The van der Waals surface area contributed by atoms with Gasteiger partial charge in [0.1, 0.15) is 10.9 Å². The number of carbonyl (C=O) groups excluding carboxylic acids is 1. The average Bonchev–Trinajstić information content (AvgIpc) is 2.49. The van der Waals surface area contributed by atoms with Gasteiger partial charge in [-0.15, -0.1) is 22.9 Å². The van der Waals surface area contributed by atoms with Crippen molar-refractivity contribution in [3.05, 3.63) is 15.0 Å². The van der Waals surface area contributed by atoms with E-state index in [0.717, 1.165) is 15.9 Å². The topological polar surface area (TPSA) is 30.0 Å². The van der Waals surface area contributed by atoms with E-state index < -0.39 is 5.38 Å². The number of aldehydes is 1. The minimum Gasteiger partial charge on any atom is -0.302 e. The highest BCUT2D eigenvalue weighted by molar-refractivity contribution is 9.10. The van der Waals surface area contributed by atoms with Crippen LogP contribution in [0.2, 0.25) is 0 Å². The molecular weight excluding hydrogens is 262 g/mol. The maximum absolute atomic E-state index is 10.4. The van der Waals surface area contributed by atoms with E-state index in [4.69, 9.17) is 11.6 Å². The van der Waals surface area contributed by atoms with Crippen LogP contribution < -0.4 is 0 Å². The Morgan fingerprint density at radius 3 is 2.92 bits per heavy atom. The second kappa shape index (κ2) is 4.35. The molecule has 2 nitrogen and oxygen atoms in total. The van der Waals surface area contributed by atoms with Crippen molar-refractivity contribution in [2.75, 3.05) is 0 Å². The Kier molecular flexibility index (Phi) is 3.68. The van der Waals surface area contributed by atoms with E-state index >= 15 is 0 Å². The fraction of sp³-hybridized carbons (Fsp3) is 0.429. The predicted molar refractivity (Wildman–Crippen MR) is 53.9 cm³/mol. The highest BCUT2D eigenvalue weighted by atomic mass is 79.9. The molecule has 1 aromatic heterocycles. The van der Waals surface area contributed by atoms with Gasteiger partial charge in [-0.25, -0.2) is 4.98 Å². The van der Waals surface area contributed by atoms with Crippen LogP contribution in [-0.2, 0) is 4.79 Å². The molecule has 0 saturated carbocycles. The molecule has 1 unspecified atom stereocenters. The number of nitrogens with zero attached hydrogens (tertiary/aromatic N) is 1. The predicted octanol–water partition coefficient (Wildman–Crippen LogP) is 2.82. The molecule has 0 aliphatic carbocycles. The summed E-state index contributed by atoms with van der Waals surface area (Å²) in [6.45, 7) is 1.89. The van der Waals surface area contributed by atoms with Gasteiger partial charge < -0.3 is 4.79 Å². The molecule has 2 atom stereocenters. The van der Waals surface area contributed by atoms with Crippen LogP contribution in [0.3, 0.4) is 0 Å². The molecule has 0 fully saturated rings. The van der Waals surface area contributed by atoms with Crippen LogP contribution >= 0.6 is 38.9 Å². The van der Waals surface area contributed by atoms with Crippen LogP contribution in [0.1, 0.15) is 17.8 Å². The van der Waals surface area contributed by atoms with E-state index in [0.29, 0.717) is 0 Å². The minimum absolute atomic E-state index is 0.0135. The fourth-order valence-corrected chi connectivity index (χ4v) is 2.30. The molecule has 0 N–H and O–H groups in total. The van der Waals surface area contributed by atoms with Gasteiger partial charge in [-0.1, -0.05) is 6.92 Å². The van der Waals surface area contributed by atoms with E-state index in [1.54, 1.807) is 0 Å². The number of hydrogen-bond acceptors (Lipinski definition) is 3. The molecule has 1 aromatic rings. The maximum atomic E-state index is 10.4. The number of aromatic nitrogens is 1. The van der Waals surface area contributed by atoms with Gasteiger partial charge in [-0.2, -0.15) is 0 Å². The van der Waals surface area contributed by atoms with Gasteiger partial charge in [0.2, 0.25) is 0 Å². The number of rotatable bonds is 3. The van der Waals surface area contributed by atoms with E-state index in [2.05, 4.69) is 20.9 Å². The highest BCUT2D eigenvalue weighted by Crippen LogP contribution is 2.26. The second-order valence-corrected chi connectivity index (χ2v) is 4.58. The Hall–Kier alpha value is 0.0700. The van der Waals surface area contributed by atoms with E-state index in [-0.39, 0.29) is 5.92 Å². The molecule has 0 aromatic carbocycles. The summed E-state index contributed by atoms with van der Waals surface area (Å²) in [5.74, 6) is -0.0135. The van der Waals surface area contributed by atoms with Crippen molar-refractivity contribution < 1.29 is 4.79 Å². The van der Waals surface area contributed by atoms with E-state index in [1.807, 2.05) is 12.3 Å². The first-order valence-corrected chi connectivity index (χ1v) is 5.46. The average molecular weight is 269 g/mol. The largest absolute Gasteiger partial charge is 0.302 e. The van der Waals surface area contributed by atoms with E-state index in [1.165, 1.54) is 11.3 Å². The zero-order valence-corrected chi connectivity index (χ0v) is 9.49. The highest BCUT2D eigenvalue weighted by Gasteiger charge is 2.18. The molecule has 0 bridgehead atoms. The molecule has 5 heteroatoms. The van der Waals surface area contributed by atoms with Crippen molar-refractivity contribution in [2.24, 2.45) is 0 Å². The first kappa shape index (κ1) is 10.2. The van der Waals surface area contributed by atoms with Gasteiger partial charge in [-0.3, -0.25) is 0 Å². The van der Waals surface area contributed by atoms with Gasteiger partial charge in [-0.05, 0) is 15.9 Å². The molecule has 1 heterocycles. The lowest BCUT2D eigenvalue weighted by Gasteiger charge is -2.07. The van der Waals surface area contributed by atoms with Crippen molar-refractivity contribution in [1.82, 2.24) is 4.98 Å². The van der Waals surface area contributed by atoms with Crippen molar-refractivity contribution in [3.8, 4) is 0 Å². The standard InChI is InChI=1S/C7H7BrClNOS/c1-4(5(9)2-11)7-10-6(8)3-12-7/h2-5H,1H3/t4-,5?/m0/s1. The molecule has 1 rings (SSSR count). The lowest BCUT2D eigenvalue weighted by atomic mass is 10.1. The number of alkyl halides is 1. The fourth-order valence-electron chi connectivity index (χ4n) is 0.730. The van der Waals surface area contributed by atoms with Crippen LogP contribution in [0, 0.1) is 0 Å². The summed E-state index contributed by atoms with van der Waals surface area (Å²) in [4.78, 5) is 14.5. The van der Waals surface area contributed by atoms with Crippen molar-refractivity contribution in [1.29, 1.82) is 0 Å². The van der Waals surface area contributed by atoms with Crippen LogP contribution in [-0.4, -0.2) is 16.6 Å². The van der Waals surface area contributed by atoms with Crippen LogP contribution in [0.5, 0.6) is 0 Å². The van der Waals surface area contributed by atoms with E-state index in [9.17, 15) is 4.79 Å². The maximum Gasteiger partial charge on any atom is 0.138 e. The molecule has 0 spiro atoms.